The Kier molecular flexibility index (Phi) is 5.22. The minimum atomic E-state index is -0.268. The third-order valence-corrected chi connectivity index (χ3v) is 4.41. The lowest BCUT2D eigenvalue weighted by atomic mass is 10.2. The van der Waals surface area contributed by atoms with Crippen LogP contribution >= 0.6 is 27.3 Å². The van der Waals surface area contributed by atoms with Crippen LogP contribution in [0.5, 0.6) is 5.75 Å². The maximum atomic E-state index is 12.4. The lowest BCUT2D eigenvalue weighted by molar-refractivity contribution is 0.102. The summed E-state index contributed by atoms with van der Waals surface area (Å²) in [5.74, 6) is 0.257. The quantitative estimate of drug-likeness (QED) is 0.683. The number of benzene rings is 2. The number of hydrogen-bond acceptors (Lipinski definition) is 5. The number of aromatic nitrogens is 2. The van der Waals surface area contributed by atoms with E-state index in [2.05, 4.69) is 31.4 Å². The van der Waals surface area contributed by atoms with E-state index in [1.54, 1.807) is 18.2 Å². The van der Waals surface area contributed by atoms with E-state index >= 15 is 0 Å². The summed E-state index contributed by atoms with van der Waals surface area (Å²) in [6, 6.07) is 15.0. The zero-order valence-corrected chi connectivity index (χ0v) is 15.2. The molecule has 1 N–H and O–H groups in total. The van der Waals surface area contributed by atoms with E-state index in [4.69, 9.17) is 4.74 Å². The summed E-state index contributed by atoms with van der Waals surface area (Å²) < 4.78 is 6.82. The van der Waals surface area contributed by atoms with Gasteiger partial charge in [0, 0.05) is 4.47 Å². The van der Waals surface area contributed by atoms with Crippen LogP contribution in [0.2, 0.25) is 0 Å². The molecule has 1 amide bonds. The molecule has 3 aromatic rings. The van der Waals surface area contributed by atoms with Gasteiger partial charge in [-0.15, -0.1) is 10.2 Å². The van der Waals surface area contributed by atoms with Crippen LogP contribution in [0.4, 0.5) is 5.13 Å². The monoisotopic (exact) mass is 403 g/mol. The minimum absolute atomic E-state index is 0.268. The summed E-state index contributed by atoms with van der Waals surface area (Å²) in [7, 11) is 0. The Bertz CT molecular complexity index is 866. The maximum absolute atomic E-state index is 12.4. The Labute approximate surface area is 151 Å². The Balaban J connectivity index is 1.73. The summed E-state index contributed by atoms with van der Waals surface area (Å²) in [4.78, 5) is 12.4. The summed E-state index contributed by atoms with van der Waals surface area (Å²) >= 11 is 4.76. The number of hydrogen-bond donors (Lipinski definition) is 1. The second-order valence-corrected chi connectivity index (χ2v) is 7.09. The largest absolute Gasteiger partial charge is 0.488 e. The first-order valence-corrected chi connectivity index (χ1v) is 8.80. The number of amides is 1. The second-order valence-electron chi connectivity index (χ2n) is 5.00. The minimum Gasteiger partial charge on any atom is -0.488 e. The number of nitrogens with zero attached hydrogens (tertiary/aromatic N) is 2. The van der Waals surface area contributed by atoms with Crippen LogP contribution in [0.25, 0.3) is 0 Å². The van der Waals surface area contributed by atoms with Gasteiger partial charge in [0.25, 0.3) is 5.91 Å². The first-order valence-electron chi connectivity index (χ1n) is 7.19. The van der Waals surface area contributed by atoms with Crippen molar-refractivity contribution in [2.75, 3.05) is 5.32 Å². The smallest absolute Gasteiger partial charge is 0.261 e. The van der Waals surface area contributed by atoms with Crippen molar-refractivity contribution in [2.45, 2.75) is 13.5 Å². The molecule has 0 unspecified atom stereocenters. The number of para-hydroxylation sites is 1. The average Bonchev–Trinajstić information content (AvgIpc) is 2.98. The predicted octanol–water partition coefficient (Wildman–Crippen LogP) is 4.44. The van der Waals surface area contributed by atoms with E-state index in [1.165, 1.54) is 11.3 Å². The molecular formula is C17H14BrN3O2S. The third-order valence-electron chi connectivity index (χ3n) is 3.16. The molecule has 2 aromatic carbocycles. The van der Waals surface area contributed by atoms with Crippen LogP contribution in [-0.2, 0) is 6.61 Å². The normalized spacial score (nSPS) is 10.4. The fourth-order valence-electron chi connectivity index (χ4n) is 2.08. The number of halogens is 1. The number of ether oxygens (including phenoxy) is 1. The highest BCUT2D eigenvalue weighted by Gasteiger charge is 2.14. The molecule has 5 nitrogen and oxygen atoms in total. The van der Waals surface area contributed by atoms with E-state index in [9.17, 15) is 4.79 Å². The number of carbonyl (C=O) groups excluding carboxylic acids is 1. The molecule has 1 heterocycles. The van der Waals surface area contributed by atoms with Gasteiger partial charge in [0.2, 0.25) is 5.13 Å². The van der Waals surface area contributed by atoms with Gasteiger partial charge in [-0.25, -0.2) is 0 Å². The van der Waals surface area contributed by atoms with Gasteiger partial charge in [-0.3, -0.25) is 10.1 Å². The maximum Gasteiger partial charge on any atom is 0.261 e. The van der Waals surface area contributed by atoms with Crippen LogP contribution in [0.3, 0.4) is 0 Å². The molecule has 0 aliphatic rings. The van der Waals surface area contributed by atoms with Gasteiger partial charge in [0.05, 0.1) is 5.56 Å². The summed E-state index contributed by atoms with van der Waals surface area (Å²) in [6.07, 6.45) is 0. The van der Waals surface area contributed by atoms with Crippen molar-refractivity contribution in [1.82, 2.24) is 10.2 Å². The molecule has 24 heavy (non-hydrogen) atoms. The topological polar surface area (TPSA) is 64.1 Å². The van der Waals surface area contributed by atoms with E-state index in [1.807, 2.05) is 37.3 Å². The van der Waals surface area contributed by atoms with Gasteiger partial charge in [-0.05, 0) is 36.8 Å². The molecular weight excluding hydrogens is 390 g/mol. The van der Waals surface area contributed by atoms with Gasteiger partial charge in [-0.1, -0.05) is 51.5 Å². The summed E-state index contributed by atoms with van der Waals surface area (Å²) in [6.45, 7) is 2.21. The number of anilines is 1. The molecule has 7 heteroatoms. The predicted molar refractivity (Wildman–Crippen MR) is 97.5 cm³/mol. The molecule has 0 saturated carbocycles. The van der Waals surface area contributed by atoms with Crippen molar-refractivity contribution in [3.63, 3.8) is 0 Å². The van der Waals surface area contributed by atoms with Gasteiger partial charge in [0.15, 0.2) is 0 Å². The summed E-state index contributed by atoms with van der Waals surface area (Å²) in [5, 5.41) is 11.8. The molecule has 0 fully saturated rings. The molecule has 0 spiro atoms. The van der Waals surface area contributed by atoms with E-state index in [0.29, 0.717) is 23.1 Å². The number of aryl methyl sites for hydroxylation is 1. The molecule has 0 bridgehead atoms. The molecule has 0 atom stereocenters. The molecule has 0 saturated heterocycles. The second kappa shape index (κ2) is 7.55. The van der Waals surface area contributed by atoms with Crippen LogP contribution in [-0.4, -0.2) is 16.1 Å². The highest BCUT2D eigenvalue weighted by molar-refractivity contribution is 9.10. The molecule has 122 valence electrons. The molecule has 0 aliphatic carbocycles. The average molecular weight is 404 g/mol. The Morgan fingerprint density at radius 3 is 2.79 bits per heavy atom. The Hall–Kier alpha value is -2.25. The van der Waals surface area contributed by atoms with Crippen molar-refractivity contribution in [1.29, 1.82) is 0 Å². The van der Waals surface area contributed by atoms with Crippen LogP contribution in [0.1, 0.15) is 20.9 Å². The van der Waals surface area contributed by atoms with Crippen molar-refractivity contribution in [3.05, 3.63) is 69.1 Å². The highest BCUT2D eigenvalue weighted by Crippen LogP contribution is 2.22. The van der Waals surface area contributed by atoms with Crippen LogP contribution in [0, 0.1) is 6.92 Å². The molecule has 3 rings (SSSR count). The third kappa shape index (κ3) is 4.18. The first kappa shape index (κ1) is 16.6. The lowest BCUT2D eigenvalue weighted by Crippen LogP contribution is -2.13. The highest BCUT2D eigenvalue weighted by atomic mass is 79.9. The van der Waals surface area contributed by atoms with Gasteiger partial charge < -0.3 is 4.74 Å². The number of rotatable bonds is 5. The fraction of sp³-hybridized carbons (Fsp3) is 0.118. The van der Waals surface area contributed by atoms with Crippen molar-refractivity contribution >= 4 is 38.3 Å². The molecule has 1 aromatic heterocycles. The number of nitrogens with one attached hydrogen (secondary N) is 1. The zero-order valence-electron chi connectivity index (χ0n) is 12.8. The van der Waals surface area contributed by atoms with Crippen molar-refractivity contribution < 1.29 is 9.53 Å². The van der Waals surface area contributed by atoms with E-state index in [0.717, 1.165) is 15.0 Å². The van der Waals surface area contributed by atoms with Crippen molar-refractivity contribution in [2.24, 2.45) is 0 Å². The summed E-state index contributed by atoms with van der Waals surface area (Å²) in [5.41, 5.74) is 1.47. The molecule has 0 radical (unpaired) electrons. The zero-order chi connectivity index (χ0) is 16.9. The van der Waals surface area contributed by atoms with Gasteiger partial charge in [-0.2, -0.15) is 0 Å². The van der Waals surface area contributed by atoms with Crippen molar-refractivity contribution in [3.8, 4) is 5.75 Å². The molecule has 0 aliphatic heterocycles. The van der Waals surface area contributed by atoms with Gasteiger partial charge in [0.1, 0.15) is 17.4 Å². The first-order chi connectivity index (χ1) is 11.6. The SMILES string of the molecule is Cc1nnc(NC(=O)c2ccccc2OCc2cccc(Br)c2)s1. The lowest BCUT2D eigenvalue weighted by Gasteiger charge is -2.11. The fourth-order valence-corrected chi connectivity index (χ4v) is 3.11. The van der Waals surface area contributed by atoms with Gasteiger partial charge >= 0.3 is 0 Å². The van der Waals surface area contributed by atoms with Crippen LogP contribution < -0.4 is 10.1 Å². The number of carbonyl (C=O) groups is 1. The van der Waals surface area contributed by atoms with Crippen LogP contribution in [0.15, 0.2) is 53.0 Å². The standard InChI is InChI=1S/C17H14BrN3O2S/c1-11-20-21-17(24-11)19-16(22)14-7-2-3-8-15(14)23-10-12-5-4-6-13(18)9-12/h2-9H,10H2,1H3,(H,19,21,22). The van der Waals surface area contributed by atoms with E-state index < -0.39 is 0 Å². The van der Waals surface area contributed by atoms with E-state index in [-0.39, 0.29) is 5.91 Å². The Morgan fingerprint density at radius 1 is 1.21 bits per heavy atom. The Morgan fingerprint density at radius 2 is 2.04 bits per heavy atom.